The van der Waals surface area contributed by atoms with Gasteiger partial charge in [-0.3, -0.25) is 9.69 Å². The zero-order valence-corrected chi connectivity index (χ0v) is 16.3. The zero-order chi connectivity index (χ0) is 18.1. The van der Waals surface area contributed by atoms with E-state index in [-0.39, 0.29) is 30.5 Å². The van der Waals surface area contributed by atoms with Gasteiger partial charge in [0, 0.05) is 13.1 Å². The van der Waals surface area contributed by atoms with Crippen molar-refractivity contribution in [3.05, 3.63) is 33.8 Å². The van der Waals surface area contributed by atoms with Gasteiger partial charge in [0.25, 0.3) is 0 Å². The van der Waals surface area contributed by atoms with Crippen molar-refractivity contribution in [2.75, 3.05) is 39.4 Å². The molecule has 0 spiro atoms. The highest BCUT2D eigenvalue weighted by Crippen LogP contribution is 2.29. The number of amides is 1. The fourth-order valence-corrected chi connectivity index (χ4v) is 4.93. The van der Waals surface area contributed by atoms with Crippen LogP contribution >= 0.6 is 23.2 Å². The molecule has 3 aliphatic heterocycles. The van der Waals surface area contributed by atoms with Gasteiger partial charge in [0.1, 0.15) is 0 Å². The van der Waals surface area contributed by atoms with Crippen LogP contribution < -0.4 is 5.32 Å². The number of halogens is 2. The molecule has 0 radical (unpaired) electrons. The fourth-order valence-electron chi connectivity index (χ4n) is 4.54. The molecule has 4 rings (SSSR count). The lowest BCUT2D eigenvalue weighted by molar-refractivity contribution is -0.142. The highest BCUT2D eigenvalue weighted by molar-refractivity contribution is 6.42. The lowest BCUT2D eigenvalue weighted by Crippen LogP contribution is -2.70. The van der Waals surface area contributed by atoms with Crippen LogP contribution in [-0.2, 0) is 16.0 Å². The summed E-state index contributed by atoms with van der Waals surface area (Å²) in [6, 6.07) is 6.10. The number of rotatable bonds is 3. The highest BCUT2D eigenvalue weighted by Gasteiger charge is 2.44. The van der Waals surface area contributed by atoms with Gasteiger partial charge in [0.15, 0.2) is 0 Å². The minimum Gasteiger partial charge on any atom is -0.378 e. The number of carbonyl (C=O) groups is 1. The summed E-state index contributed by atoms with van der Waals surface area (Å²) in [5, 5.41) is 4.53. The van der Waals surface area contributed by atoms with Crippen molar-refractivity contribution in [1.82, 2.24) is 15.1 Å². The molecule has 0 bridgehead atoms. The lowest BCUT2D eigenvalue weighted by atomic mass is 9.92. The quantitative estimate of drug-likeness (QED) is 0.848. The molecular weight excluding hydrogens is 373 g/mol. The molecule has 1 aromatic carbocycles. The second-order valence-electron chi connectivity index (χ2n) is 7.38. The molecule has 0 saturated carbocycles. The molecule has 0 aliphatic carbocycles. The van der Waals surface area contributed by atoms with E-state index in [1.165, 1.54) is 12.8 Å². The van der Waals surface area contributed by atoms with Crippen LogP contribution in [0.5, 0.6) is 0 Å². The first-order valence-electron chi connectivity index (χ1n) is 9.42. The molecule has 0 aromatic heterocycles. The molecule has 3 aliphatic rings. The molecule has 7 heteroatoms. The number of benzene rings is 1. The second-order valence-corrected chi connectivity index (χ2v) is 8.16. The fraction of sp³-hybridized carbons (Fsp3) is 0.632. The average Bonchev–Trinajstić information content (AvgIpc) is 3.19. The van der Waals surface area contributed by atoms with Crippen molar-refractivity contribution in [3.63, 3.8) is 0 Å². The van der Waals surface area contributed by atoms with E-state index in [1.807, 2.05) is 12.1 Å². The molecule has 3 heterocycles. The molecule has 1 amide bonds. The van der Waals surface area contributed by atoms with Crippen LogP contribution in [0, 0.1) is 0 Å². The van der Waals surface area contributed by atoms with Crippen molar-refractivity contribution in [2.45, 2.75) is 37.4 Å². The van der Waals surface area contributed by atoms with E-state index >= 15 is 0 Å². The summed E-state index contributed by atoms with van der Waals surface area (Å²) in [6.45, 7) is 5.08. The summed E-state index contributed by atoms with van der Waals surface area (Å²) >= 11 is 12.4. The van der Waals surface area contributed by atoms with Crippen LogP contribution in [0.3, 0.4) is 0 Å². The molecule has 26 heavy (non-hydrogen) atoms. The standard InChI is InChI=1S/C19H25Cl2N3O2/c20-14-5-3-4-13(18(14)21)10-17(25)24-9-6-22-15-11-26-12-16(19(15)24)23-7-1-2-8-23/h3-5,15-16,19,22H,1-2,6-12H2/t15-,16+,19+/m1/s1. The maximum absolute atomic E-state index is 13.2. The largest absolute Gasteiger partial charge is 0.378 e. The maximum atomic E-state index is 13.2. The second kappa shape index (κ2) is 8.03. The Hall–Kier alpha value is -0.850. The monoisotopic (exact) mass is 397 g/mol. The molecule has 1 aromatic rings. The van der Waals surface area contributed by atoms with E-state index in [1.54, 1.807) is 6.07 Å². The SMILES string of the molecule is O=C(Cc1cccc(Cl)c1Cl)N1CCN[C@@H]2COC[C@H](N3CCCC3)[C@H]21. The Balaban J connectivity index is 1.55. The Morgan fingerprint density at radius 1 is 1.19 bits per heavy atom. The van der Waals surface area contributed by atoms with Crippen LogP contribution in [0.4, 0.5) is 0 Å². The molecule has 142 valence electrons. The molecule has 5 nitrogen and oxygen atoms in total. The third-order valence-electron chi connectivity index (χ3n) is 5.81. The molecule has 3 saturated heterocycles. The maximum Gasteiger partial charge on any atom is 0.227 e. The summed E-state index contributed by atoms with van der Waals surface area (Å²) < 4.78 is 5.86. The van der Waals surface area contributed by atoms with Crippen molar-refractivity contribution >= 4 is 29.1 Å². The number of ether oxygens (including phenoxy) is 1. The minimum atomic E-state index is 0.122. The van der Waals surface area contributed by atoms with Gasteiger partial charge >= 0.3 is 0 Å². The molecule has 0 unspecified atom stereocenters. The summed E-state index contributed by atoms with van der Waals surface area (Å²) in [7, 11) is 0. The first-order chi connectivity index (χ1) is 12.6. The molecule has 3 fully saturated rings. The van der Waals surface area contributed by atoms with E-state index in [0.717, 1.165) is 31.7 Å². The summed E-state index contributed by atoms with van der Waals surface area (Å²) in [5.41, 5.74) is 0.795. The van der Waals surface area contributed by atoms with Gasteiger partial charge < -0.3 is 15.0 Å². The van der Waals surface area contributed by atoms with Crippen LogP contribution in [-0.4, -0.2) is 73.2 Å². The predicted molar refractivity (Wildman–Crippen MR) is 103 cm³/mol. The first-order valence-corrected chi connectivity index (χ1v) is 10.2. The number of hydrogen-bond acceptors (Lipinski definition) is 4. The smallest absolute Gasteiger partial charge is 0.227 e. The zero-order valence-electron chi connectivity index (χ0n) is 14.8. The summed E-state index contributed by atoms with van der Waals surface area (Å²) in [6.07, 6.45) is 2.75. The average molecular weight is 398 g/mol. The van der Waals surface area contributed by atoms with Crippen molar-refractivity contribution in [1.29, 1.82) is 0 Å². The number of nitrogens with zero attached hydrogens (tertiary/aromatic N) is 2. The van der Waals surface area contributed by atoms with E-state index in [2.05, 4.69) is 15.1 Å². The number of hydrogen-bond donors (Lipinski definition) is 1. The van der Waals surface area contributed by atoms with Crippen molar-refractivity contribution in [3.8, 4) is 0 Å². The number of fused-ring (bicyclic) bond motifs is 1. The van der Waals surface area contributed by atoms with Gasteiger partial charge in [-0.25, -0.2) is 0 Å². The van der Waals surface area contributed by atoms with E-state index < -0.39 is 0 Å². The summed E-state index contributed by atoms with van der Waals surface area (Å²) in [5.74, 6) is 0.122. The topological polar surface area (TPSA) is 44.8 Å². The van der Waals surface area contributed by atoms with E-state index in [9.17, 15) is 4.79 Å². The van der Waals surface area contributed by atoms with Gasteiger partial charge in [-0.2, -0.15) is 0 Å². The Kier molecular flexibility index (Phi) is 5.72. The van der Waals surface area contributed by atoms with Gasteiger partial charge in [0.05, 0.1) is 47.8 Å². The van der Waals surface area contributed by atoms with Crippen LogP contribution in [0.15, 0.2) is 18.2 Å². The van der Waals surface area contributed by atoms with Gasteiger partial charge in [-0.1, -0.05) is 35.3 Å². The van der Waals surface area contributed by atoms with Crippen LogP contribution in [0.1, 0.15) is 18.4 Å². The minimum absolute atomic E-state index is 0.122. The Morgan fingerprint density at radius 2 is 2.00 bits per heavy atom. The number of piperazine rings is 1. The van der Waals surface area contributed by atoms with E-state index in [4.69, 9.17) is 27.9 Å². The Morgan fingerprint density at radius 3 is 2.81 bits per heavy atom. The highest BCUT2D eigenvalue weighted by atomic mass is 35.5. The van der Waals surface area contributed by atoms with Crippen molar-refractivity contribution in [2.24, 2.45) is 0 Å². The van der Waals surface area contributed by atoms with Crippen LogP contribution in [0.25, 0.3) is 0 Å². The summed E-state index contributed by atoms with van der Waals surface area (Å²) in [4.78, 5) is 17.7. The van der Waals surface area contributed by atoms with Gasteiger partial charge in [-0.05, 0) is 37.6 Å². The van der Waals surface area contributed by atoms with E-state index in [0.29, 0.717) is 23.3 Å². The van der Waals surface area contributed by atoms with Gasteiger partial charge in [0.2, 0.25) is 5.91 Å². The number of carbonyl (C=O) groups excluding carboxylic acids is 1. The van der Waals surface area contributed by atoms with Crippen LogP contribution in [0.2, 0.25) is 10.0 Å². The predicted octanol–water partition coefficient (Wildman–Crippen LogP) is 2.20. The molecule has 1 N–H and O–H groups in total. The normalized spacial score (nSPS) is 29.6. The third kappa shape index (κ3) is 3.60. The van der Waals surface area contributed by atoms with Crippen molar-refractivity contribution < 1.29 is 9.53 Å². The third-order valence-corrected chi connectivity index (χ3v) is 6.67. The molecular formula is C19H25Cl2N3O2. The first kappa shape index (κ1) is 18.5. The number of nitrogens with one attached hydrogen (secondary N) is 1. The molecule has 3 atom stereocenters. The Labute approximate surface area is 164 Å². The Bertz CT molecular complexity index is 664. The lowest BCUT2D eigenvalue weighted by Gasteiger charge is -2.50. The number of likely N-dealkylation sites (tertiary alicyclic amines) is 1. The van der Waals surface area contributed by atoms with Gasteiger partial charge in [-0.15, -0.1) is 0 Å².